The normalized spacial score (nSPS) is 9.38. The predicted molar refractivity (Wildman–Crippen MR) is 71.0 cm³/mol. The number of hydrogen-bond donors (Lipinski definition) is 0. The lowest BCUT2D eigenvalue weighted by molar-refractivity contribution is 0.415. The molecule has 0 saturated carbocycles. The molecule has 80 valence electrons. The van der Waals surface area contributed by atoms with Gasteiger partial charge in [-0.2, -0.15) is 0 Å². The second kappa shape index (κ2) is 5.20. The van der Waals surface area contributed by atoms with E-state index in [1.54, 1.807) is 18.4 Å². The minimum atomic E-state index is 0.850. The van der Waals surface area contributed by atoms with Gasteiger partial charge in [-0.3, -0.25) is 0 Å². The van der Waals surface area contributed by atoms with E-state index in [9.17, 15) is 0 Å². The summed E-state index contributed by atoms with van der Waals surface area (Å²) in [4.78, 5) is 1.05. The quantitative estimate of drug-likeness (QED) is 0.724. The van der Waals surface area contributed by atoms with Gasteiger partial charge in [0.2, 0.25) is 0 Å². The lowest BCUT2D eigenvalue weighted by Gasteiger charge is -1.97. The van der Waals surface area contributed by atoms with E-state index in [-0.39, 0.29) is 0 Å². The van der Waals surface area contributed by atoms with Crippen molar-refractivity contribution < 1.29 is 4.74 Å². The van der Waals surface area contributed by atoms with Gasteiger partial charge in [0.05, 0.1) is 12.0 Å². The number of methoxy groups -OCH3 is 1. The summed E-state index contributed by atoms with van der Waals surface area (Å²) < 4.78 is 6.14. The van der Waals surface area contributed by atoms with Crippen LogP contribution in [0.1, 0.15) is 10.4 Å². The first kappa shape index (κ1) is 11.3. The van der Waals surface area contributed by atoms with Crippen LogP contribution >= 0.6 is 27.3 Å². The Morgan fingerprint density at radius 1 is 1.12 bits per heavy atom. The molecule has 2 aromatic rings. The lowest BCUT2D eigenvalue weighted by Crippen LogP contribution is -1.81. The summed E-state index contributed by atoms with van der Waals surface area (Å²) in [6.45, 7) is 0. The van der Waals surface area contributed by atoms with Gasteiger partial charge in [-0.05, 0) is 57.6 Å². The molecule has 0 fully saturated rings. The van der Waals surface area contributed by atoms with Crippen LogP contribution in [0.2, 0.25) is 0 Å². The molecule has 0 atom stereocenters. The van der Waals surface area contributed by atoms with E-state index in [2.05, 4.69) is 27.8 Å². The van der Waals surface area contributed by atoms with E-state index in [0.29, 0.717) is 0 Å². The topological polar surface area (TPSA) is 9.23 Å². The van der Waals surface area contributed by atoms with E-state index in [1.165, 1.54) is 0 Å². The Labute approximate surface area is 107 Å². The van der Waals surface area contributed by atoms with Crippen LogP contribution in [0.15, 0.2) is 40.2 Å². The molecule has 0 bridgehead atoms. The van der Waals surface area contributed by atoms with Gasteiger partial charge in [0, 0.05) is 10.0 Å². The molecule has 0 spiro atoms. The molecule has 3 heteroatoms. The largest absolute Gasteiger partial charge is 0.497 e. The van der Waals surface area contributed by atoms with Gasteiger partial charge in [0.1, 0.15) is 5.75 Å². The fraction of sp³-hybridized carbons (Fsp3) is 0.0769. The number of hydrogen-bond acceptors (Lipinski definition) is 2. The van der Waals surface area contributed by atoms with E-state index < -0.39 is 0 Å². The summed E-state index contributed by atoms with van der Waals surface area (Å²) in [6, 6.07) is 9.73. The van der Waals surface area contributed by atoms with Gasteiger partial charge in [0.25, 0.3) is 0 Å². The Balaban J connectivity index is 2.21. The molecule has 1 nitrogen and oxygen atoms in total. The zero-order chi connectivity index (χ0) is 11.4. The lowest BCUT2D eigenvalue weighted by atomic mass is 10.2. The number of thiophene rings is 1. The van der Waals surface area contributed by atoms with Crippen LogP contribution in [-0.2, 0) is 0 Å². The van der Waals surface area contributed by atoms with Crippen molar-refractivity contribution >= 4 is 27.3 Å². The number of benzene rings is 1. The predicted octanol–water partition coefficient (Wildman–Crippen LogP) is 3.92. The van der Waals surface area contributed by atoms with E-state index in [1.807, 2.05) is 35.7 Å². The van der Waals surface area contributed by atoms with Crippen LogP contribution in [0.25, 0.3) is 0 Å². The summed E-state index contributed by atoms with van der Waals surface area (Å²) in [7, 11) is 1.66. The summed E-state index contributed by atoms with van der Waals surface area (Å²) >= 11 is 5.08. The summed E-state index contributed by atoms with van der Waals surface area (Å²) in [5.41, 5.74) is 0.987. The molecule has 1 aromatic carbocycles. The molecule has 0 aliphatic carbocycles. The van der Waals surface area contributed by atoms with Gasteiger partial charge in [-0.1, -0.05) is 5.92 Å². The second-order valence-electron chi connectivity index (χ2n) is 3.08. The fourth-order valence-corrected chi connectivity index (χ4v) is 2.50. The Kier molecular flexibility index (Phi) is 3.66. The number of rotatable bonds is 1. The summed E-state index contributed by atoms with van der Waals surface area (Å²) in [6.07, 6.45) is 0. The first-order valence-corrected chi connectivity index (χ1v) is 6.36. The standard InChI is InChI=1S/C13H9BrOS/c1-15-11-5-2-10(3-6-11)4-7-13-12(14)8-9-16-13/h2-3,5-6,8-9H,1H3. The molecule has 0 aliphatic heterocycles. The van der Waals surface area contributed by atoms with Crippen molar-refractivity contribution in [3.63, 3.8) is 0 Å². The van der Waals surface area contributed by atoms with E-state index >= 15 is 0 Å². The average Bonchev–Trinajstić information content (AvgIpc) is 2.73. The molecule has 1 aromatic heterocycles. The Morgan fingerprint density at radius 2 is 1.88 bits per heavy atom. The molecule has 0 aliphatic rings. The third-order valence-electron chi connectivity index (χ3n) is 2.03. The summed E-state index contributed by atoms with van der Waals surface area (Å²) in [5.74, 6) is 7.09. The molecule has 2 rings (SSSR count). The zero-order valence-electron chi connectivity index (χ0n) is 8.66. The minimum Gasteiger partial charge on any atom is -0.497 e. The minimum absolute atomic E-state index is 0.850. The van der Waals surface area contributed by atoms with Crippen LogP contribution < -0.4 is 4.74 Å². The molecule has 0 N–H and O–H groups in total. The highest BCUT2D eigenvalue weighted by molar-refractivity contribution is 9.10. The van der Waals surface area contributed by atoms with Crippen molar-refractivity contribution in [1.29, 1.82) is 0 Å². The fourth-order valence-electron chi connectivity index (χ4n) is 1.19. The van der Waals surface area contributed by atoms with Gasteiger partial charge in [-0.25, -0.2) is 0 Å². The molecule has 1 heterocycles. The van der Waals surface area contributed by atoms with Crippen molar-refractivity contribution in [2.45, 2.75) is 0 Å². The third-order valence-corrected chi connectivity index (χ3v) is 3.78. The van der Waals surface area contributed by atoms with Crippen LogP contribution in [-0.4, -0.2) is 7.11 Å². The van der Waals surface area contributed by atoms with Gasteiger partial charge < -0.3 is 4.74 Å². The maximum atomic E-state index is 5.09. The maximum Gasteiger partial charge on any atom is 0.118 e. The first-order chi connectivity index (χ1) is 7.79. The molecular formula is C13H9BrOS. The van der Waals surface area contributed by atoms with Crippen molar-refractivity contribution in [1.82, 2.24) is 0 Å². The van der Waals surface area contributed by atoms with Gasteiger partial charge in [0.15, 0.2) is 0 Å². The molecule has 0 saturated heterocycles. The average molecular weight is 293 g/mol. The molecule has 0 amide bonds. The highest BCUT2D eigenvalue weighted by Crippen LogP contribution is 2.21. The highest BCUT2D eigenvalue weighted by Gasteiger charge is 1.95. The van der Waals surface area contributed by atoms with Crippen LogP contribution in [0.5, 0.6) is 5.75 Å². The van der Waals surface area contributed by atoms with E-state index in [0.717, 1.165) is 20.7 Å². The van der Waals surface area contributed by atoms with Crippen LogP contribution in [0.4, 0.5) is 0 Å². The van der Waals surface area contributed by atoms with Crippen LogP contribution in [0.3, 0.4) is 0 Å². The summed E-state index contributed by atoms with van der Waals surface area (Å²) in [5, 5.41) is 2.02. The molecular weight excluding hydrogens is 284 g/mol. The number of ether oxygens (including phenoxy) is 1. The van der Waals surface area contributed by atoms with Gasteiger partial charge >= 0.3 is 0 Å². The smallest absolute Gasteiger partial charge is 0.118 e. The number of halogens is 1. The Bertz CT molecular complexity index is 531. The maximum absolute atomic E-state index is 5.09. The Morgan fingerprint density at radius 3 is 2.44 bits per heavy atom. The van der Waals surface area contributed by atoms with Crippen molar-refractivity contribution in [2.24, 2.45) is 0 Å². The molecule has 16 heavy (non-hydrogen) atoms. The molecule has 0 radical (unpaired) electrons. The zero-order valence-corrected chi connectivity index (χ0v) is 11.1. The monoisotopic (exact) mass is 292 g/mol. The van der Waals surface area contributed by atoms with Crippen molar-refractivity contribution in [3.05, 3.63) is 50.6 Å². The van der Waals surface area contributed by atoms with Crippen molar-refractivity contribution in [2.75, 3.05) is 7.11 Å². The highest BCUT2D eigenvalue weighted by atomic mass is 79.9. The van der Waals surface area contributed by atoms with E-state index in [4.69, 9.17) is 4.74 Å². The molecule has 0 unspecified atom stereocenters. The Hall–Kier alpha value is -1.24. The van der Waals surface area contributed by atoms with Crippen LogP contribution in [0, 0.1) is 11.8 Å². The first-order valence-electron chi connectivity index (χ1n) is 4.68. The second-order valence-corrected chi connectivity index (χ2v) is 4.85. The third kappa shape index (κ3) is 2.66. The van der Waals surface area contributed by atoms with Gasteiger partial charge in [-0.15, -0.1) is 11.3 Å². The van der Waals surface area contributed by atoms with Crippen molar-refractivity contribution in [3.8, 4) is 17.6 Å². The SMILES string of the molecule is COc1ccc(C#Cc2sccc2Br)cc1.